The summed E-state index contributed by atoms with van der Waals surface area (Å²) < 4.78 is 0. The Morgan fingerprint density at radius 1 is 1.40 bits per heavy atom. The number of para-hydroxylation sites is 1. The van der Waals surface area contributed by atoms with Gasteiger partial charge in [0.25, 0.3) is 0 Å². The molecular weight excluding hydrogens is 252 g/mol. The minimum Gasteiger partial charge on any atom is -0.478 e. The van der Waals surface area contributed by atoms with Crippen LogP contribution >= 0.6 is 0 Å². The fraction of sp³-hybridized carbons (Fsp3) is 0.375. The van der Waals surface area contributed by atoms with Crippen LogP contribution < -0.4 is 5.32 Å². The Labute approximate surface area is 117 Å². The molecule has 1 heterocycles. The fourth-order valence-corrected chi connectivity index (χ4v) is 2.60. The number of aromatic carboxylic acids is 1. The number of nitrogens with one attached hydrogen (secondary N) is 1. The zero-order chi connectivity index (χ0) is 14.2. The summed E-state index contributed by atoms with van der Waals surface area (Å²) >= 11 is 0. The molecular formula is C16H18N2O2. The lowest BCUT2D eigenvalue weighted by Crippen LogP contribution is -2.17. The molecule has 1 fully saturated rings. The van der Waals surface area contributed by atoms with Crippen LogP contribution in [0.4, 0.5) is 5.69 Å². The minimum atomic E-state index is -0.938. The third-order valence-corrected chi connectivity index (χ3v) is 4.35. The molecule has 0 spiro atoms. The first-order valence-corrected chi connectivity index (χ1v) is 7.00. The molecule has 1 aliphatic rings. The van der Waals surface area contributed by atoms with Crippen LogP contribution in [-0.2, 0) is 0 Å². The average Bonchev–Trinajstić information content (AvgIpc) is 3.25. The SMILES string of the molecule is CCC1(CNc2c(C(=O)O)cnc3ccccc23)CC1. The van der Waals surface area contributed by atoms with Crippen LogP contribution in [0.3, 0.4) is 0 Å². The van der Waals surface area contributed by atoms with E-state index in [1.54, 1.807) is 0 Å². The smallest absolute Gasteiger partial charge is 0.339 e. The van der Waals surface area contributed by atoms with E-state index in [1.165, 1.54) is 19.0 Å². The van der Waals surface area contributed by atoms with Crippen molar-refractivity contribution in [1.29, 1.82) is 0 Å². The van der Waals surface area contributed by atoms with Gasteiger partial charge in [0.05, 0.1) is 11.2 Å². The number of fused-ring (bicyclic) bond motifs is 1. The quantitative estimate of drug-likeness (QED) is 0.872. The van der Waals surface area contributed by atoms with Gasteiger partial charge in [0, 0.05) is 18.1 Å². The second kappa shape index (κ2) is 4.78. The van der Waals surface area contributed by atoms with Crippen molar-refractivity contribution in [3.8, 4) is 0 Å². The second-order valence-electron chi connectivity index (χ2n) is 5.58. The van der Waals surface area contributed by atoms with Crippen LogP contribution in [0.1, 0.15) is 36.5 Å². The van der Waals surface area contributed by atoms with Crippen LogP contribution in [0.5, 0.6) is 0 Å². The third kappa shape index (κ3) is 2.22. The van der Waals surface area contributed by atoms with Gasteiger partial charge < -0.3 is 10.4 Å². The lowest BCUT2D eigenvalue weighted by Gasteiger charge is -2.17. The standard InChI is InChI=1S/C16H18N2O2/c1-2-16(7-8-16)10-18-14-11-5-3-4-6-13(11)17-9-12(14)15(19)20/h3-6,9H,2,7-8,10H2,1H3,(H,17,18)(H,19,20). The molecule has 0 unspecified atom stereocenters. The topological polar surface area (TPSA) is 62.2 Å². The van der Waals surface area contributed by atoms with E-state index in [0.29, 0.717) is 11.1 Å². The van der Waals surface area contributed by atoms with Crippen LogP contribution in [0.2, 0.25) is 0 Å². The Kier molecular flexibility index (Phi) is 3.08. The molecule has 20 heavy (non-hydrogen) atoms. The highest BCUT2D eigenvalue weighted by Crippen LogP contribution is 2.48. The normalized spacial score (nSPS) is 16.1. The number of hydrogen-bond acceptors (Lipinski definition) is 3. The van der Waals surface area contributed by atoms with Crippen LogP contribution in [0, 0.1) is 5.41 Å². The van der Waals surface area contributed by atoms with Crippen molar-refractivity contribution in [2.75, 3.05) is 11.9 Å². The maximum Gasteiger partial charge on any atom is 0.339 e. The van der Waals surface area contributed by atoms with E-state index >= 15 is 0 Å². The van der Waals surface area contributed by atoms with E-state index < -0.39 is 5.97 Å². The molecule has 1 aliphatic carbocycles. The first-order valence-electron chi connectivity index (χ1n) is 7.00. The van der Waals surface area contributed by atoms with Crippen molar-refractivity contribution < 1.29 is 9.90 Å². The van der Waals surface area contributed by atoms with Crippen molar-refractivity contribution in [3.63, 3.8) is 0 Å². The van der Waals surface area contributed by atoms with Crippen molar-refractivity contribution in [3.05, 3.63) is 36.0 Å². The second-order valence-corrected chi connectivity index (χ2v) is 5.58. The first-order chi connectivity index (χ1) is 9.65. The number of nitrogens with zero attached hydrogens (tertiary/aromatic N) is 1. The molecule has 0 atom stereocenters. The number of anilines is 1. The molecule has 1 aromatic carbocycles. The highest BCUT2D eigenvalue weighted by molar-refractivity contribution is 6.04. The molecule has 1 saturated carbocycles. The largest absolute Gasteiger partial charge is 0.478 e. The van der Waals surface area contributed by atoms with Gasteiger partial charge in [-0.25, -0.2) is 4.79 Å². The van der Waals surface area contributed by atoms with Crippen LogP contribution in [0.25, 0.3) is 10.9 Å². The molecule has 2 aromatic rings. The van der Waals surface area contributed by atoms with E-state index in [9.17, 15) is 9.90 Å². The van der Waals surface area contributed by atoms with Crippen molar-refractivity contribution in [2.24, 2.45) is 5.41 Å². The Hall–Kier alpha value is -2.10. The number of rotatable bonds is 5. The molecule has 0 radical (unpaired) electrons. The fourth-order valence-electron chi connectivity index (χ4n) is 2.60. The van der Waals surface area contributed by atoms with Crippen LogP contribution in [-0.4, -0.2) is 22.6 Å². The summed E-state index contributed by atoms with van der Waals surface area (Å²) in [5, 5.41) is 13.6. The molecule has 3 rings (SSSR count). The average molecular weight is 270 g/mol. The van der Waals surface area contributed by atoms with E-state index in [-0.39, 0.29) is 5.56 Å². The van der Waals surface area contributed by atoms with Gasteiger partial charge in [0.1, 0.15) is 5.56 Å². The van der Waals surface area contributed by atoms with Gasteiger partial charge in [-0.1, -0.05) is 25.1 Å². The zero-order valence-corrected chi connectivity index (χ0v) is 11.5. The molecule has 4 heteroatoms. The first kappa shape index (κ1) is 12.9. The van der Waals surface area contributed by atoms with Gasteiger partial charge in [0.2, 0.25) is 0 Å². The van der Waals surface area contributed by atoms with Gasteiger partial charge in [-0.05, 0) is 30.7 Å². The molecule has 0 bridgehead atoms. The number of hydrogen-bond donors (Lipinski definition) is 2. The molecule has 0 amide bonds. The summed E-state index contributed by atoms with van der Waals surface area (Å²) in [5.74, 6) is -0.938. The number of benzene rings is 1. The van der Waals surface area contributed by atoms with Gasteiger partial charge in [-0.15, -0.1) is 0 Å². The van der Waals surface area contributed by atoms with Gasteiger partial charge in [0.15, 0.2) is 0 Å². The molecule has 0 saturated heterocycles. The van der Waals surface area contributed by atoms with E-state index in [1.807, 2.05) is 24.3 Å². The monoisotopic (exact) mass is 270 g/mol. The Morgan fingerprint density at radius 3 is 2.80 bits per heavy atom. The predicted octanol–water partition coefficient (Wildman–Crippen LogP) is 3.54. The summed E-state index contributed by atoms with van der Waals surface area (Å²) in [6.07, 6.45) is 5.02. The Balaban J connectivity index is 2.01. The zero-order valence-electron chi connectivity index (χ0n) is 11.5. The van der Waals surface area contributed by atoms with E-state index in [2.05, 4.69) is 17.2 Å². The number of pyridine rings is 1. The van der Waals surface area contributed by atoms with E-state index in [0.717, 1.165) is 23.9 Å². The predicted molar refractivity (Wildman–Crippen MR) is 79.2 cm³/mol. The lowest BCUT2D eigenvalue weighted by molar-refractivity contribution is 0.0697. The van der Waals surface area contributed by atoms with Gasteiger partial charge >= 0.3 is 5.97 Å². The summed E-state index contributed by atoms with van der Waals surface area (Å²) in [4.78, 5) is 15.6. The van der Waals surface area contributed by atoms with Crippen molar-refractivity contribution >= 4 is 22.6 Å². The third-order valence-electron chi connectivity index (χ3n) is 4.35. The van der Waals surface area contributed by atoms with Crippen molar-refractivity contribution in [1.82, 2.24) is 4.98 Å². The highest BCUT2D eigenvalue weighted by Gasteiger charge is 2.40. The molecule has 2 N–H and O–H groups in total. The summed E-state index contributed by atoms with van der Waals surface area (Å²) in [6.45, 7) is 3.02. The molecule has 0 aliphatic heterocycles. The maximum absolute atomic E-state index is 11.4. The summed E-state index contributed by atoms with van der Waals surface area (Å²) in [5.41, 5.74) is 2.12. The Morgan fingerprint density at radius 2 is 2.15 bits per heavy atom. The molecule has 4 nitrogen and oxygen atoms in total. The highest BCUT2D eigenvalue weighted by atomic mass is 16.4. The van der Waals surface area contributed by atoms with Gasteiger partial charge in [-0.3, -0.25) is 4.98 Å². The summed E-state index contributed by atoms with van der Waals surface area (Å²) in [7, 11) is 0. The molecule has 1 aromatic heterocycles. The van der Waals surface area contributed by atoms with E-state index in [4.69, 9.17) is 0 Å². The Bertz CT molecular complexity index is 663. The molecule has 104 valence electrons. The minimum absolute atomic E-state index is 0.246. The number of aromatic nitrogens is 1. The van der Waals surface area contributed by atoms with Crippen molar-refractivity contribution in [2.45, 2.75) is 26.2 Å². The number of carboxylic acids is 1. The summed E-state index contributed by atoms with van der Waals surface area (Å²) in [6, 6.07) is 7.64. The lowest BCUT2D eigenvalue weighted by atomic mass is 10.0. The number of carbonyl (C=O) groups is 1. The maximum atomic E-state index is 11.4. The number of carboxylic acid groups (broad SMARTS) is 1. The van der Waals surface area contributed by atoms with Crippen LogP contribution in [0.15, 0.2) is 30.5 Å². The van der Waals surface area contributed by atoms with Gasteiger partial charge in [-0.2, -0.15) is 0 Å².